The van der Waals surface area contributed by atoms with Crippen molar-refractivity contribution in [2.45, 2.75) is 12.5 Å². The van der Waals surface area contributed by atoms with Crippen LogP contribution in [0.25, 0.3) is 10.0 Å². The summed E-state index contributed by atoms with van der Waals surface area (Å²) in [5.41, 5.74) is 0. The summed E-state index contributed by atoms with van der Waals surface area (Å²) in [5.74, 6) is 0.482. The van der Waals surface area contributed by atoms with Crippen molar-refractivity contribution in [2.75, 3.05) is 0 Å². The van der Waals surface area contributed by atoms with Crippen molar-refractivity contribution in [3.63, 3.8) is 0 Å². The minimum Gasteiger partial charge on any atom is -0.391 e. The first-order valence-corrected chi connectivity index (χ1v) is 6.07. The van der Waals surface area contributed by atoms with E-state index < -0.39 is 0 Å². The smallest absolute Gasteiger partial charge is 0.152 e. The third kappa shape index (κ3) is 1.95. The SMILES string of the molecule is OCc1cnc(-c2ncc(CCl)s2)s1. The molecule has 0 spiro atoms. The van der Waals surface area contributed by atoms with Crippen LogP contribution in [0, 0.1) is 0 Å². The Kier molecular flexibility index (Phi) is 3.12. The van der Waals surface area contributed by atoms with Gasteiger partial charge in [0.05, 0.1) is 17.4 Å². The summed E-state index contributed by atoms with van der Waals surface area (Å²) in [6, 6.07) is 0. The van der Waals surface area contributed by atoms with Gasteiger partial charge in [-0.2, -0.15) is 0 Å². The Morgan fingerprint density at radius 3 is 2.14 bits per heavy atom. The van der Waals surface area contributed by atoms with Gasteiger partial charge in [0.25, 0.3) is 0 Å². The van der Waals surface area contributed by atoms with Gasteiger partial charge in [-0.25, -0.2) is 9.97 Å². The van der Waals surface area contributed by atoms with Crippen molar-refractivity contribution >= 4 is 34.3 Å². The summed E-state index contributed by atoms with van der Waals surface area (Å²) in [7, 11) is 0. The molecule has 0 saturated heterocycles. The number of aliphatic hydroxyl groups excluding tert-OH is 1. The molecule has 3 nitrogen and oxygen atoms in total. The number of halogens is 1. The molecule has 0 unspecified atom stereocenters. The maximum atomic E-state index is 8.88. The molecule has 2 heterocycles. The second kappa shape index (κ2) is 4.35. The van der Waals surface area contributed by atoms with Crippen molar-refractivity contribution in [1.29, 1.82) is 0 Å². The number of hydrogen-bond acceptors (Lipinski definition) is 5. The van der Waals surface area contributed by atoms with Crippen LogP contribution in [0.5, 0.6) is 0 Å². The lowest BCUT2D eigenvalue weighted by atomic mass is 10.6. The molecule has 1 N–H and O–H groups in total. The van der Waals surface area contributed by atoms with Gasteiger partial charge in [0, 0.05) is 17.3 Å². The Morgan fingerprint density at radius 2 is 1.71 bits per heavy atom. The predicted molar refractivity (Wildman–Crippen MR) is 58.7 cm³/mol. The monoisotopic (exact) mass is 246 g/mol. The van der Waals surface area contributed by atoms with Crippen LogP contribution < -0.4 is 0 Å². The molecule has 0 aliphatic rings. The molecule has 0 aliphatic heterocycles. The van der Waals surface area contributed by atoms with Gasteiger partial charge >= 0.3 is 0 Å². The van der Waals surface area contributed by atoms with Crippen LogP contribution in [0.15, 0.2) is 12.4 Å². The lowest BCUT2D eigenvalue weighted by molar-refractivity contribution is 0.285. The van der Waals surface area contributed by atoms with Gasteiger partial charge in [0.15, 0.2) is 10.0 Å². The first-order chi connectivity index (χ1) is 6.83. The zero-order chi connectivity index (χ0) is 9.97. The molecule has 2 aromatic heterocycles. The highest BCUT2D eigenvalue weighted by Gasteiger charge is 2.08. The number of rotatable bonds is 3. The minimum absolute atomic E-state index is 0.0331. The van der Waals surface area contributed by atoms with E-state index >= 15 is 0 Å². The van der Waals surface area contributed by atoms with Gasteiger partial charge in [-0.15, -0.1) is 34.3 Å². The predicted octanol–water partition coefficient (Wildman–Crippen LogP) is 2.50. The van der Waals surface area contributed by atoms with Crippen molar-refractivity contribution in [3.8, 4) is 10.0 Å². The third-order valence-corrected chi connectivity index (χ3v) is 4.15. The van der Waals surface area contributed by atoms with Gasteiger partial charge in [0.2, 0.25) is 0 Å². The Bertz CT molecular complexity index is 386. The van der Waals surface area contributed by atoms with Crippen LogP contribution in [-0.2, 0) is 12.5 Å². The van der Waals surface area contributed by atoms with Crippen LogP contribution in [0.2, 0.25) is 0 Å². The summed E-state index contributed by atoms with van der Waals surface area (Å²) < 4.78 is 0. The zero-order valence-electron chi connectivity index (χ0n) is 7.11. The Labute approximate surface area is 94.0 Å². The van der Waals surface area contributed by atoms with Gasteiger partial charge in [-0.05, 0) is 0 Å². The number of alkyl halides is 1. The lowest BCUT2D eigenvalue weighted by Crippen LogP contribution is -1.70. The molecule has 14 heavy (non-hydrogen) atoms. The van der Waals surface area contributed by atoms with Crippen molar-refractivity contribution < 1.29 is 5.11 Å². The summed E-state index contributed by atoms with van der Waals surface area (Å²) in [6.45, 7) is 0.0331. The minimum atomic E-state index is 0.0331. The Hall–Kier alpha value is -0.490. The fourth-order valence-corrected chi connectivity index (χ4v) is 2.75. The number of nitrogens with zero attached hydrogens (tertiary/aromatic N) is 2. The number of thiazole rings is 2. The Morgan fingerprint density at radius 1 is 1.14 bits per heavy atom. The molecule has 0 bridgehead atoms. The topological polar surface area (TPSA) is 46.0 Å². The van der Waals surface area contributed by atoms with E-state index in [-0.39, 0.29) is 6.61 Å². The second-order valence-electron chi connectivity index (χ2n) is 2.56. The van der Waals surface area contributed by atoms with Crippen LogP contribution in [-0.4, -0.2) is 15.1 Å². The van der Waals surface area contributed by atoms with Crippen LogP contribution >= 0.6 is 34.3 Å². The molecule has 0 atom stereocenters. The number of aliphatic hydroxyl groups is 1. The third-order valence-electron chi connectivity index (χ3n) is 1.58. The van der Waals surface area contributed by atoms with E-state index in [1.54, 1.807) is 12.4 Å². The van der Waals surface area contributed by atoms with Crippen molar-refractivity contribution in [1.82, 2.24) is 9.97 Å². The average molecular weight is 247 g/mol. The molecule has 0 aromatic carbocycles. The van der Waals surface area contributed by atoms with Gasteiger partial charge in [-0.3, -0.25) is 0 Å². The molecular weight excluding hydrogens is 240 g/mol. The number of aromatic nitrogens is 2. The molecule has 2 rings (SSSR count). The van der Waals surface area contributed by atoms with Crippen LogP contribution in [0.4, 0.5) is 0 Å². The molecule has 0 amide bonds. The molecule has 0 radical (unpaired) electrons. The van der Waals surface area contributed by atoms with E-state index in [1.165, 1.54) is 22.7 Å². The fraction of sp³-hybridized carbons (Fsp3) is 0.250. The van der Waals surface area contributed by atoms with E-state index in [0.29, 0.717) is 5.88 Å². The first-order valence-electron chi connectivity index (χ1n) is 3.90. The quantitative estimate of drug-likeness (QED) is 0.847. The second-order valence-corrected chi connectivity index (χ2v) is 5.05. The highest BCUT2D eigenvalue weighted by molar-refractivity contribution is 7.21. The highest BCUT2D eigenvalue weighted by Crippen LogP contribution is 2.29. The molecule has 0 aliphatic carbocycles. The van der Waals surface area contributed by atoms with E-state index in [2.05, 4.69) is 9.97 Å². The molecule has 74 valence electrons. The van der Waals surface area contributed by atoms with Gasteiger partial charge in [0.1, 0.15) is 0 Å². The fourth-order valence-electron chi connectivity index (χ4n) is 0.948. The largest absolute Gasteiger partial charge is 0.391 e. The van der Waals surface area contributed by atoms with Crippen molar-refractivity contribution in [3.05, 3.63) is 22.1 Å². The maximum absolute atomic E-state index is 8.88. The van der Waals surface area contributed by atoms with E-state index in [9.17, 15) is 0 Å². The maximum Gasteiger partial charge on any atom is 0.152 e. The zero-order valence-corrected chi connectivity index (χ0v) is 9.49. The molecule has 6 heteroatoms. The number of hydrogen-bond donors (Lipinski definition) is 1. The van der Waals surface area contributed by atoms with E-state index in [4.69, 9.17) is 16.7 Å². The molecular formula is C8H7ClN2OS2. The average Bonchev–Trinajstić information content (AvgIpc) is 2.86. The Balaban J connectivity index is 2.29. The molecule has 0 fully saturated rings. The van der Waals surface area contributed by atoms with E-state index in [1.807, 2.05) is 0 Å². The molecule has 0 saturated carbocycles. The highest BCUT2D eigenvalue weighted by atomic mass is 35.5. The van der Waals surface area contributed by atoms with Crippen LogP contribution in [0.1, 0.15) is 9.75 Å². The summed E-state index contributed by atoms with van der Waals surface area (Å²) in [6.07, 6.45) is 3.43. The lowest BCUT2D eigenvalue weighted by Gasteiger charge is -1.85. The first kappa shape index (κ1) is 10.0. The summed E-state index contributed by atoms with van der Waals surface area (Å²) in [4.78, 5) is 10.3. The summed E-state index contributed by atoms with van der Waals surface area (Å²) >= 11 is 8.66. The van der Waals surface area contributed by atoms with Crippen molar-refractivity contribution in [2.24, 2.45) is 0 Å². The summed E-state index contributed by atoms with van der Waals surface area (Å²) in [5, 5.41) is 10.6. The molecule has 2 aromatic rings. The van der Waals surface area contributed by atoms with E-state index in [0.717, 1.165) is 19.8 Å². The van der Waals surface area contributed by atoms with Gasteiger partial charge in [-0.1, -0.05) is 0 Å². The van der Waals surface area contributed by atoms with Crippen LogP contribution in [0.3, 0.4) is 0 Å². The standard InChI is InChI=1S/C8H7ClN2OS2/c9-1-5-2-10-7(13-5)8-11-3-6(4-12)14-8/h2-3,12H,1,4H2. The normalized spacial score (nSPS) is 10.7. The van der Waals surface area contributed by atoms with Gasteiger partial charge < -0.3 is 5.11 Å².